The summed E-state index contributed by atoms with van der Waals surface area (Å²) in [5.74, 6) is 2.63. The van der Waals surface area contributed by atoms with Gasteiger partial charge in [-0.1, -0.05) is 6.07 Å². The Bertz CT molecular complexity index is 752. The highest BCUT2D eigenvalue weighted by Gasteiger charge is 2.06. The number of benzene rings is 1. The van der Waals surface area contributed by atoms with Crippen LogP contribution in [0.3, 0.4) is 0 Å². The fraction of sp³-hybridized carbons (Fsp3) is 0.400. The second-order valence-electron chi connectivity index (χ2n) is 6.06. The number of guanidine groups is 1. The highest BCUT2D eigenvalue weighted by atomic mass is 127. The molecule has 8 heteroatoms. The maximum absolute atomic E-state index is 5.56. The molecule has 0 amide bonds. The molecule has 2 N–H and O–H groups in total. The molecule has 1 aromatic heterocycles. The molecule has 28 heavy (non-hydrogen) atoms. The number of hydrogen-bond acceptors (Lipinski definition) is 5. The molecule has 0 fully saturated rings. The summed E-state index contributed by atoms with van der Waals surface area (Å²) in [5, 5.41) is 6.50. The second-order valence-corrected chi connectivity index (χ2v) is 6.06. The summed E-state index contributed by atoms with van der Waals surface area (Å²) in [6, 6.07) is 9.45. The number of halogens is 1. The monoisotopic (exact) mass is 500 g/mol. The van der Waals surface area contributed by atoms with Crippen molar-refractivity contribution in [2.24, 2.45) is 4.99 Å². The van der Waals surface area contributed by atoms with Crippen LogP contribution >= 0.6 is 24.0 Å². The zero-order valence-electron chi connectivity index (χ0n) is 17.0. The normalized spacial score (nSPS) is 10.9. The van der Waals surface area contributed by atoms with Gasteiger partial charge in [0, 0.05) is 30.6 Å². The fourth-order valence-corrected chi connectivity index (χ4v) is 2.34. The van der Waals surface area contributed by atoms with E-state index in [0.29, 0.717) is 29.9 Å². The van der Waals surface area contributed by atoms with E-state index in [4.69, 9.17) is 14.2 Å². The van der Waals surface area contributed by atoms with E-state index in [9.17, 15) is 0 Å². The van der Waals surface area contributed by atoms with Crippen molar-refractivity contribution in [3.63, 3.8) is 0 Å². The minimum Gasteiger partial charge on any atom is -0.493 e. The molecule has 0 aliphatic rings. The third-order valence-corrected chi connectivity index (χ3v) is 3.56. The molecule has 0 bridgehead atoms. The van der Waals surface area contributed by atoms with Crippen LogP contribution in [0.1, 0.15) is 26.3 Å². The number of aromatic nitrogens is 1. The van der Waals surface area contributed by atoms with Gasteiger partial charge in [-0.05, 0) is 38.5 Å². The van der Waals surface area contributed by atoms with Gasteiger partial charge < -0.3 is 24.8 Å². The van der Waals surface area contributed by atoms with Crippen LogP contribution in [0.15, 0.2) is 41.5 Å². The lowest BCUT2D eigenvalue weighted by Gasteiger charge is -2.14. The lowest BCUT2D eigenvalue weighted by Crippen LogP contribution is -2.30. The van der Waals surface area contributed by atoms with E-state index in [2.05, 4.69) is 20.6 Å². The van der Waals surface area contributed by atoms with Crippen molar-refractivity contribution in [1.82, 2.24) is 10.3 Å². The molecule has 0 unspecified atom stereocenters. The second kappa shape index (κ2) is 12.3. The Morgan fingerprint density at radius 3 is 2.43 bits per heavy atom. The smallest absolute Gasteiger partial charge is 0.213 e. The minimum absolute atomic E-state index is 0. The van der Waals surface area contributed by atoms with Gasteiger partial charge in [0.1, 0.15) is 0 Å². The summed E-state index contributed by atoms with van der Waals surface area (Å²) in [6.07, 6.45) is 1.88. The van der Waals surface area contributed by atoms with Crippen LogP contribution in [-0.4, -0.2) is 37.8 Å². The third-order valence-electron chi connectivity index (χ3n) is 3.56. The average molecular weight is 500 g/mol. The Balaban J connectivity index is 0.00000392. The molecule has 0 aliphatic carbocycles. The molecule has 0 saturated heterocycles. The molecule has 0 saturated carbocycles. The van der Waals surface area contributed by atoms with Crippen LogP contribution in [0.4, 0.5) is 5.69 Å². The number of aliphatic imine (C=N–C) groups is 1. The van der Waals surface area contributed by atoms with Crippen LogP contribution < -0.4 is 24.8 Å². The highest BCUT2D eigenvalue weighted by molar-refractivity contribution is 14.0. The van der Waals surface area contributed by atoms with Gasteiger partial charge in [-0.3, -0.25) is 0 Å². The molecule has 0 spiro atoms. The average Bonchev–Trinajstić information content (AvgIpc) is 2.67. The maximum Gasteiger partial charge on any atom is 0.213 e. The summed E-state index contributed by atoms with van der Waals surface area (Å²) in [5.41, 5.74) is 1.85. The summed E-state index contributed by atoms with van der Waals surface area (Å²) in [7, 11) is 3.22. The summed E-state index contributed by atoms with van der Waals surface area (Å²) in [4.78, 5) is 8.92. The number of rotatable bonds is 8. The number of anilines is 1. The molecule has 1 heterocycles. The fourth-order valence-electron chi connectivity index (χ4n) is 2.34. The predicted octanol–water partition coefficient (Wildman–Crippen LogP) is 4.08. The standard InChI is InChI=1S/C20H28N4O3.HI/c1-6-21-20(24-16-8-9-17(25-4)18(11-16)26-5)23-13-15-7-10-19(22-12-15)27-14(2)3;/h7-12,14H,6,13H2,1-5H3,(H2,21,23,24);1H. The minimum atomic E-state index is 0. The Labute approximate surface area is 183 Å². The van der Waals surface area contributed by atoms with Gasteiger partial charge in [0.05, 0.1) is 26.9 Å². The van der Waals surface area contributed by atoms with Gasteiger partial charge in [-0.15, -0.1) is 24.0 Å². The van der Waals surface area contributed by atoms with Gasteiger partial charge >= 0.3 is 0 Å². The van der Waals surface area contributed by atoms with E-state index < -0.39 is 0 Å². The summed E-state index contributed by atoms with van der Waals surface area (Å²) < 4.78 is 16.2. The molecule has 7 nitrogen and oxygen atoms in total. The van der Waals surface area contributed by atoms with Crippen molar-refractivity contribution in [3.8, 4) is 17.4 Å². The van der Waals surface area contributed by atoms with Crippen LogP contribution in [0.2, 0.25) is 0 Å². The molecule has 2 aromatic rings. The molecular weight excluding hydrogens is 471 g/mol. The van der Waals surface area contributed by atoms with Gasteiger partial charge in [0.25, 0.3) is 0 Å². The first kappa shape index (κ1) is 23.8. The molecule has 0 radical (unpaired) electrons. The molecule has 0 aliphatic heterocycles. The number of nitrogens with one attached hydrogen (secondary N) is 2. The van der Waals surface area contributed by atoms with Gasteiger partial charge in [0.15, 0.2) is 17.5 Å². The van der Waals surface area contributed by atoms with Gasteiger partial charge in [-0.25, -0.2) is 9.98 Å². The van der Waals surface area contributed by atoms with E-state index in [-0.39, 0.29) is 30.1 Å². The maximum atomic E-state index is 5.56. The zero-order valence-corrected chi connectivity index (χ0v) is 19.3. The van der Waals surface area contributed by atoms with Crippen molar-refractivity contribution in [1.29, 1.82) is 0 Å². The molecule has 2 rings (SSSR count). The number of methoxy groups -OCH3 is 2. The SMILES string of the molecule is CCNC(=NCc1ccc(OC(C)C)nc1)Nc1ccc(OC)c(OC)c1.I. The number of nitrogens with zero attached hydrogens (tertiary/aromatic N) is 2. The number of pyridine rings is 1. The Hall–Kier alpha value is -2.23. The molecule has 1 aromatic carbocycles. The zero-order chi connectivity index (χ0) is 19.6. The Morgan fingerprint density at radius 2 is 1.86 bits per heavy atom. The first-order valence-corrected chi connectivity index (χ1v) is 8.94. The van der Waals surface area contributed by atoms with E-state index in [1.54, 1.807) is 20.4 Å². The van der Waals surface area contributed by atoms with Crippen LogP contribution in [-0.2, 0) is 6.54 Å². The van der Waals surface area contributed by atoms with E-state index in [1.165, 1.54) is 0 Å². The van der Waals surface area contributed by atoms with Crippen molar-refractivity contribution >= 4 is 35.6 Å². The van der Waals surface area contributed by atoms with E-state index in [1.807, 2.05) is 51.1 Å². The van der Waals surface area contributed by atoms with Gasteiger partial charge in [-0.2, -0.15) is 0 Å². The molecule has 0 atom stereocenters. The molecule has 154 valence electrons. The first-order valence-electron chi connectivity index (χ1n) is 8.94. The highest BCUT2D eigenvalue weighted by Crippen LogP contribution is 2.29. The largest absolute Gasteiger partial charge is 0.493 e. The van der Waals surface area contributed by atoms with Crippen LogP contribution in [0.5, 0.6) is 17.4 Å². The summed E-state index contributed by atoms with van der Waals surface area (Å²) in [6.45, 7) is 7.21. The Morgan fingerprint density at radius 1 is 1.11 bits per heavy atom. The number of ether oxygens (including phenoxy) is 3. The predicted molar refractivity (Wildman–Crippen MR) is 123 cm³/mol. The summed E-state index contributed by atoms with van der Waals surface area (Å²) >= 11 is 0. The molecular formula is C20H29IN4O3. The van der Waals surface area contributed by atoms with Crippen LogP contribution in [0, 0.1) is 0 Å². The lowest BCUT2D eigenvalue weighted by atomic mass is 10.2. The van der Waals surface area contributed by atoms with E-state index >= 15 is 0 Å². The quantitative estimate of drug-likeness (QED) is 0.323. The van der Waals surface area contributed by atoms with Crippen LogP contribution in [0.25, 0.3) is 0 Å². The lowest BCUT2D eigenvalue weighted by molar-refractivity contribution is 0.232. The topological polar surface area (TPSA) is 77.0 Å². The van der Waals surface area contributed by atoms with Crippen molar-refractivity contribution in [2.45, 2.75) is 33.4 Å². The third kappa shape index (κ3) is 7.41. The van der Waals surface area contributed by atoms with Crippen molar-refractivity contribution in [2.75, 3.05) is 26.1 Å². The van der Waals surface area contributed by atoms with Crippen molar-refractivity contribution < 1.29 is 14.2 Å². The number of hydrogen-bond donors (Lipinski definition) is 2. The van der Waals surface area contributed by atoms with Gasteiger partial charge in [0.2, 0.25) is 5.88 Å². The first-order chi connectivity index (χ1) is 13.0. The van der Waals surface area contributed by atoms with Crippen molar-refractivity contribution in [3.05, 3.63) is 42.1 Å². The Kier molecular flexibility index (Phi) is 10.4. The van der Waals surface area contributed by atoms with E-state index in [0.717, 1.165) is 17.8 Å².